The average Bonchev–Trinajstić information content (AvgIpc) is 2.28. The van der Waals surface area contributed by atoms with E-state index in [4.69, 9.17) is 4.74 Å². The van der Waals surface area contributed by atoms with Crippen molar-refractivity contribution in [3.8, 4) is 22.6 Å². The number of phenols is 1. The summed E-state index contributed by atoms with van der Waals surface area (Å²) in [6, 6.07) is 7.55. The fourth-order valence-corrected chi connectivity index (χ4v) is 1.58. The summed E-state index contributed by atoms with van der Waals surface area (Å²) in [6.07, 6.45) is 0. The van der Waals surface area contributed by atoms with Crippen LogP contribution in [0.2, 0.25) is 0 Å². The number of phenolic OH excluding ortho intramolecular Hbond substituents is 1. The summed E-state index contributed by atoms with van der Waals surface area (Å²) in [5.41, 5.74) is 0.443. The Morgan fingerprint density at radius 2 is 1.82 bits per heavy atom. The first kappa shape index (κ1) is 11.4. The molecule has 0 radical (unpaired) electrons. The van der Waals surface area contributed by atoms with Crippen molar-refractivity contribution in [1.29, 1.82) is 0 Å². The van der Waals surface area contributed by atoms with Gasteiger partial charge in [0.25, 0.3) is 0 Å². The van der Waals surface area contributed by atoms with Crippen molar-refractivity contribution in [1.82, 2.24) is 0 Å². The minimum atomic E-state index is -0.623. The Morgan fingerprint density at radius 3 is 2.47 bits per heavy atom. The van der Waals surface area contributed by atoms with Crippen LogP contribution in [0.5, 0.6) is 11.5 Å². The van der Waals surface area contributed by atoms with Gasteiger partial charge in [-0.1, -0.05) is 0 Å². The number of hydrogen-bond acceptors (Lipinski definition) is 2. The van der Waals surface area contributed by atoms with Crippen LogP contribution in [0.25, 0.3) is 11.1 Å². The molecule has 0 aliphatic carbocycles. The lowest BCUT2D eigenvalue weighted by Crippen LogP contribution is -1.89. The van der Waals surface area contributed by atoms with Crippen LogP contribution in [0.15, 0.2) is 36.4 Å². The Kier molecular flexibility index (Phi) is 2.95. The standard InChI is InChI=1S/C13H10F2O2/c1-17-11-2-3-13(15)12(7-11)8-4-9(14)6-10(16)5-8/h2-7,16H,1H3. The van der Waals surface area contributed by atoms with Crippen LogP contribution in [0.1, 0.15) is 0 Å². The fourth-order valence-electron chi connectivity index (χ4n) is 1.58. The lowest BCUT2D eigenvalue weighted by molar-refractivity contribution is 0.414. The van der Waals surface area contributed by atoms with Crippen molar-refractivity contribution < 1.29 is 18.6 Å². The highest BCUT2D eigenvalue weighted by Gasteiger charge is 2.09. The third kappa shape index (κ3) is 2.36. The van der Waals surface area contributed by atoms with E-state index in [1.807, 2.05) is 0 Å². The largest absolute Gasteiger partial charge is 0.508 e. The molecule has 2 aromatic carbocycles. The summed E-state index contributed by atoms with van der Waals surface area (Å²) in [6.45, 7) is 0. The van der Waals surface area contributed by atoms with E-state index in [9.17, 15) is 13.9 Å². The van der Waals surface area contributed by atoms with Gasteiger partial charge in [0.1, 0.15) is 23.1 Å². The Labute approximate surface area is 97.1 Å². The molecule has 2 rings (SSSR count). The first-order valence-electron chi connectivity index (χ1n) is 4.93. The molecule has 0 heterocycles. The van der Waals surface area contributed by atoms with E-state index < -0.39 is 11.6 Å². The number of benzene rings is 2. The molecule has 0 fully saturated rings. The zero-order valence-corrected chi connectivity index (χ0v) is 9.08. The second-order valence-electron chi connectivity index (χ2n) is 3.54. The summed E-state index contributed by atoms with van der Waals surface area (Å²) >= 11 is 0. The van der Waals surface area contributed by atoms with Crippen LogP contribution in [-0.4, -0.2) is 12.2 Å². The van der Waals surface area contributed by atoms with Gasteiger partial charge in [-0.15, -0.1) is 0 Å². The Hall–Kier alpha value is -2.10. The number of ether oxygens (including phenoxy) is 1. The van der Waals surface area contributed by atoms with Crippen molar-refractivity contribution in [3.05, 3.63) is 48.0 Å². The van der Waals surface area contributed by atoms with Crippen molar-refractivity contribution in [3.63, 3.8) is 0 Å². The lowest BCUT2D eigenvalue weighted by atomic mass is 10.0. The van der Waals surface area contributed by atoms with Crippen LogP contribution in [0.4, 0.5) is 8.78 Å². The fraction of sp³-hybridized carbons (Fsp3) is 0.0769. The molecular formula is C13H10F2O2. The van der Waals surface area contributed by atoms with E-state index in [2.05, 4.69) is 0 Å². The number of aromatic hydroxyl groups is 1. The van der Waals surface area contributed by atoms with Gasteiger partial charge < -0.3 is 9.84 Å². The van der Waals surface area contributed by atoms with E-state index in [0.717, 1.165) is 12.1 Å². The van der Waals surface area contributed by atoms with E-state index >= 15 is 0 Å². The molecule has 1 N–H and O–H groups in total. The highest BCUT2D eigenvalue weighted by atomic mass is 19.1. The summed E-state index contributed by atoms with van der Waals surface area (Å²) in [4.78, 5) is 0. The normalized spacial score (nSPS) is 10.3. The highest BCUT2D eigenvalue weighted by Crippen LogP contribution is 2.29. The SMILES string of the molecule is COc1ccc(F)c(-c2cc(O)cc(F)c2)c1. The monoisotopic (exact) mass is 236 g/mol. The van der Waals surface area contributed by atoms with Crippen molar-refractivity contribution in [2.45, 2.75) is 0 Å². The second-order valence-corrected chi connectivity index (χ2v) is 3.54. The van der Waals surface area contributed by atoms with Crippen molar-refractivity contribution in [2.75, 3.05) is 7.11 Å². The van der Waals surface area contributed by atoms with Gasteiger partial charge in [-0.25, -0.2) is 8.78 Å². The summed E-state index contributed by atoms with van der Waals surface area (Å²) in [5, 5.41) is 9.28. The molecule has 0 saturated heterocycles. The zero-order chi connectivity index (χ0) is 12.4. The number of rotatable bonds is 2. The van der Waals surface area contributed by atoms with Crippen LogP contribution < -0.4 is 4.74 Å². The van der Waals surface area contributed by atoms with Crippen LogP contribution in [-0.2, 0) is 0 Å². The molecule has 0 spiro atoms. The minimum Gasteiger partial charge on any atom is -0.508 e. The summed E-state index contributed by atoms with van der Waals surface area (Å²) in [5.74, 6) is -0.912. The first-order valence-corrected chi connectivity index (χ1v) is 4.93. The third-order valence-corrected chi connectivity index (χ3v) is 2.37. The second kappa shape index (κ2) is 4.41. The summed E-state index contributed by atoms with van der Waals surface area (Å²) < 4.78 is 31.7. The lowest BCUT2D eigenvalue weighted by Gasteiger charge is -2.07. The molecule has 0 atom stereocenters. The van der Waals surface area contributed by atoms with Gasteiger partial charge >= 0.3 is 0 Å². The van der Waals surface area contributed by atoms with E-state index in [1.54, 1.807) is 0 Å². The molecule has 2 aromatic rings. The molecule has 0 amide bonds. The molecule has 0 aliphatic heterocycles. The maximum atomic E-state index is 13.6. The van der Waals surface area contributed by atoms with Gasteiger partial charge in [0.15, 0.2) is 0 Å². The van der Waals surface area contributed by atoms with E-state index in [1.165, 1.54) is 31.4 Å². The molecule has 0 aliphatic rings. The van der Waals surface area contributed by atoms with Crippen molar-refractivity contribution >= 4 is 0 Å². The smallest absolute Gasteiger partial charge is 0.131 e. The molecular weight excluding hydrogens is 226 g/mol. The highest BCUT2D eigenvalue weighted by molar-refractivity contribution is 5.67. The first-order chi connectivity index (χ1) is 8.10. The van der Waals surface area contributed by atoms with Gasteiger partial charge in [-0.2, -0.15) is 0 Å². The van der Waals surface area contributed by atoms with Gasteiger partial charge in [0, 0.05) is 11.6 Å². The van der Waals surface area contributed by atoms with Crippen LogP contribution in [0, 0.1) is 11.6 Å². The Bertz CT molecular complexity index is 533. The van der Waals surface area contributed by atoms with Gasteiger partial charge in [-0.3, -0.25) is 0 Å². The Morgan fingerprint density at radius 1 is 1.06 bits per heavy atom. The predicted molar refractivity (Wildman–Crippen MR) is 60.0 cm³/mol. The zero-order valence-electron chi connectivity index (χ0n) is 9.08. The summed E-state index contributed by atoms with van der Waals surface area (Å²) in [7, 11) is 1.46. The van der Waals surface area contributed by atoms with E-state index in [0.29, 0.717) is 5.75 Å². The predicted octanol–water partition coefficient (Wildman–Crippen LogP) is 3.35. The maximum absolute atomic E-state index is 13.6. The van der Waals surface area contributed by atoms with Gasteiger partial charge in [0.05, 0.1) is 7.11 Å². The molecule has 17 heavy (non-hydrogen) atoms. The Balaban J connectivity index is 2.58. The number of halogens is 2. The molecule has 2 nitrogen and oxygen atoms in total. The van der Waals surface area contributed by atoms with Crippen LogP contribution >= 0.6 is 0 Å². The average molecular weight is 236 g/mol. The van der Waals surface area contributed by atoms with Gasteiger partial charge in [-0.05, 0) is 35.9 Å². The molecule has 0 unspecified atom stereocenters. The van der Waals surface area contributed by atoms with Crippen LogP contribution in [0.3, 0.4) is 0 Å². The van der Waals surface area contributed by atoms with Crippen molar-refractivity contribution in [2.24, 2.45) is 0 Å². The molecule has 0 bridgehead atoms. The molecule has 0 aromatic heterocycles. The maximum Gasteiger partial charge on any atom is 0.131 e. The van der Waals surface area contributed by atoms with Gasteiger partial charge in [0.2, 0.25) is 0 Å². The quantitative estimate of drug-likeness (QED) is 0.866. The molecule has 4 heteroatoms. The number of hydrogen-bond donors (Lipinski definition) is 1. The van der Waals surface area contributed by atoms with E-state index in [-0.39, 0.29) is 16.9 Å². The minimum absolute atomic E-state index is 0.180. The molecule has 88 valence electrons. The molecule has 0 saturated carbocycles. The topological polar surface area (TPSA) is 29.5 Å². The number of methoxy groups -OCH3 is 1. The third-order valence-electron chi connectivity index (χ3n) is 2.37.